The molecule has 1 aromatic heterocycles. The number of imide groups is 1. The quantitative estimate of drug-likeness (QED) is 0.625. The summed E-state index contributed by atoms with van der Waals surface area (Å²) >= 11 is 13.3. The Labute approximate surface area is 150 Å². The Morgan fingerprint density at radius 2 is 1.42 bits per heavy atom. The molecule has 118 valence electrons. The van der Waals surface area contributed by atoms with Crippen LogP contribution in [-0.2, 0) is 0 Å². The van der Waals surface area contributed by atoms with Gasteiger partial charge in [0.25, 0.3) is 11.8 Å². The van der Waals surface area contributed by atoms with E-state index in [9.17, 15) is 9.59 Å². The van der Waals surface area contributed by atoms with Crippen LogP contribution in [0.4, 0.5) is 5.82 Å². The molecule has 3 aromatic rings. The maximum Gasteiger partial charge on any atom is 0.267 e. The fraction of sp³-hybridized carbons (Fsp3) is 0. The summed E-state index contributed by atoms with van der Waals surface area (Å²) in [6, 6.07) is 11.7. The van der Waals surface area contributed by atoms with Crippen molar-refractivity contribution in [1.29, 1.82) is 0 Å². The third-order valence-electron chi connectivity index (χ3n) is 3.68. The van der Waals surface area contributed by atoms with Gasteiger partial charge in [0, 0.05) is 5.56 Å². The van der Waals surface area contributed by atoms with Gasteiger partial charge in [0.1, 0.15) is 5.69 Å². The molecule has 0 radical (unpaired) electrons. The van der Waals surface area contributed by atoms with Crippen LogP contribution in [0.15, 0.2) is 42.5 Å². The maximum atomic E-state index is 12.6. The molecule has 1 aliphatic rings. The summed E-state index contributed by atoms with van der Waals surface area (Å²) in [5.41, 5.74) is 1.43. The summed E-state index contributed by atoms with van der Waals surface area (Å²) in [5.74, 6) is -0.735. The summed E-state index contributed by atoms with van der Waals surface area (Å²) in [6.07, 6.45) is 0. The summed E-state index contributed by atoms with van der Waals surface area (Å²) < 4.78 is 8.34. The van der Waals surface area contributed by atoms with E-state index in [1.54, 1.807) is 42.5 Å². The average Bonchev–Trinajstić information content (AvgIpc) is 3.12. The lowest BCUT2D eigenvalue weighted by Crippen LogP contribution is -2.30. The van der Waals surface area contributed by atoms with Gasteiger partial charge in [-0.25, -0.2) is 4.90 Å². The Morgan fingerprint density at radius 3 is 2.00 bits per heavy atom. The molecule has 0 atom stereocenters. The van der Waals surface area contributed by atoms with Crippen molar-refractivity contribution in [3.8, 4) is 11.3 Å². The summed E-state index contributed by atoms with van der Waals surface area (Å²) in [7, 11) is 0. The number of anilines is 1. The van der Waals surface area contributed by atoms with Crippen LogP contribution >= 0.6 is 34.9 Å². The molecule has 0 spiro atoms. The van der Waals surface area contributed by atoms with Crippen molar-refractivity contribution >= 4 is 52.6 Å². The molecule has 2 amide bonds. The van der Waals surface area contributed by atoms with Crippen LogP contribution in [-0.4, -0.2) is 20.6 Å². The monoisotopic (exact) mass is 375 g/mol. The standard InChI is InChI=1S/C16H7Cl2N3O2S/c17-10-6-3-7-11(18)12(10)13-14(20-24-19-13)21-15(22)8-4-1-2-5-9(8)16(21)23/h1-7H. The third-order valence-corrected chi connectivity index (χ3v) is 4.83. The topological polar surface area (TPSA) is 63.2 Å². The summed E-state index contributed by atoms with van der Waals surface area (Å²) in [5, 5.41) is 0.737. The Bertz CT molecular complexity index is 947. The lowest BCUT2D eigenvalue weighted by atomic mass is 10.1. The Morgan fingerprint density at radius 1 is 0.833 bits per heavy atom. The molecule has 0 saturated carbocycles. The molecule has 0 N–H and O–H groups in total. The molecule has 4 rings (SSSR count). The Balaban J connectivity index is 1.88. The Kier molecular flexibility index (Phi) is 3.60. The van der Waals surface area contributed by atoms with E-state index in [0.717, 1.165) is 16.6 Å². The maximum absolute atomic E-state index is 12.6. The minimum absolute atomic E-state index is 0.140. The third kappa shape index (κ3) is 2.15. The number of halogens is 2. The number of aromatic nitrogens is 2. The molecule has 0 bridgehead atoms. The molecule has 0 fully saturated rings. The second-order valence-electron chi connectivity index (χ2n) is 5.02. The molecular formula is C16H7Cl2N3O2S. The lowest BCUT2D eigenvalue weighted by Gasteiger charge is -2.13. The number of amides is 2. The van der Waals surface area contributed by atoms with Gasteiger partial charge in [-0.2, -0.15) is 8.75 Å². The van der Waals surface area contributed by atoms with Crippen molar-refractivity contribution in [2.24, 2.45) is 0 Å². The van der Waals surface area contributed by atoms with Crippen LogP contribution in [0.3, 0.4) is 0 Å². The van der Waals surface area contributed by atoms with Gasteiger partial charge in [0.15, 0.2) is 5.82 Å². The molecule has 1 aliphatic heterocycles. The molecule has 8 heteroatoms. The molecule has 2 heterocycles. The molecule has 2 aromatic carbocycles. The molecule has 0 aliphatic carbocycles. The van der Waals surface area contributed by atoms with E-state index < -0.39 is 11.8 Å². The molecule has 0 saturated heterocycles. The van der Waals surface area contributed by atoms with Crippen molar-refractivity contribution in [2.45, 2.75) is 0 Å². The van der Waals surface area contributed by atoms with Gasteiger partial charge in [-0.05, 0) is 24.3 Å². The highest BCUT2D eigenvalue weighted by molar-refractivity contribution is 6.99. The number of benzene rings is 2. The number of carbonyl (C=O) groups excluding carboxylic acids is 2. The minimum atomic E-state index is -0.437. The smallest absolute Gasteiger partial charge is 0.267 e. The average molecular weight is 376 g/mol. The van der Waals surface area contributed by atoms with E-state index >= 15 is 0 Å². The fourth-order valence-electron chi connectivity index (χ4n) is 2.59. The first-order chi connectivity index (χ1) is 11.6. The number of carbonyl (C=O) groups is 2. The fourth-order valence-corrected chi connectivity index (χ4v) is 3.71. The predicted molar refractivity (Wildman–Crippen MR) is 92.9 cm³/mol. The molecule has 5 nitrogen and oxygen atoms in total. The number of rotatable bonds is 2. The van der Waals surface area contributed by atoms with E-state index in [4.69, 9.17) is 23.2 Å². The van der Waals surface area contributed by atoms with Crippen molar-refractivity contribution in [1.82, 2.24) is 8.75 Å². The number of hydrogen-bond acceptors (Lipinski definition) is 5. The normalized spacial score (nSPS) is 13.5. The summed E-state index contributed by atoms with van der Waals surface area (Å²) in [6.45, 7) is 0. The Hall–Kier alpha value is -2.28. The van der Waals surface area contributed by atoms with Gasteiger partial charge in [0.2, 0.25) is 0 Å². The van der Waals surface area contributed by atoms with Gasteiger partial charge < -0.3 is 0 Å². The van der Waals surface area contributed by atoms with Crippen molar-refractivity contribution in [3.05, 3.63) is 63.6 Å². The largest absolute Gasteiger partial charge is 0.268 e. The van der Waals surface area contributed by atoms with Gasteiger partial charge >= 0.3 is 0 Å². The molecular weight excluding hydrogens is 369 g/mol. The zero-order chi connectivity index (χ0) is 16.8. The van der Waals surface area contributed by atoms with Crippen LogP contribution < -0.4 is 4.90 Å². The first-order valence-corrected chi connectivity index (χ1v) is 8.33. The van der Waals surface area contributed by atoms with Crippen molar-refractivity contribution in [3.63, 3.8) is 0 Å². The second-order valence-corrected chi connectivity index (χ2v) is 6.37. The van der Waals surface area contributed by atoms with E-state index in [0.29, 0.717) is 32.4 Å². The van der Waals surface area contributed by atoms with Crippen LogP contribution in [0.2, 0.25) is 10.0 Å². The molecule has 0 unspecified atom stereocenters. The number of fused-ring (bicyclic) bond motifs is 1. The van der Waals surface area contributed by atoms with E-state index in [1.807, 2.05) is 0 Å². The minimum Gasteiger partial charge on any atom is -0.268 e. The van der Waals surface area contributed by atoms with Gasteiger partial charge in [-0.15, -0.1) is 0 Å². The number of nitrogens with zero attached hydrogens (tertiary/aromatic N) is 3. The second kappa shape index (κ2) is 5.66. The van der Waals surface area contributed by atoms with Gasteiger partial charge in [0.05, 0.1) is 32.9 Å². The van der Waals surface area contributed by atoms with Crippen molar-refractivity contribution in [2.75, 3.05) is 4.90 Å². The zero-order valence-corrected chi connectivity index (χ0v) is 14.2. The number of hydrogen-bond donors (Lipinski definition) is 0. The first kappa shape index (κ1) is 15.3. The van der Waals surface area contributed by atoms with Crippen LogP contribution in [0, 0.1) is 0 Å². The van der Waals surface area contributed by atoms with E-state index in [2.05, 4.69) is 8.75 Å². The van der Waals surface area contributed by atoms with Crippen LogP contribution in [0.25, 0.3) is 11.3 Å². The highest BCUT2D eigenvalue weighted by Gasteiger charge is 2.39. The van der Waals surface area contributed by atoms with Gasteiger partial charge in [-0.1, -0.05) is 41.4 Å². The van der Waals surface area contributed by atoms with Crippen molar-refractivity contribution < 1.29 is 9.59 Å². The SMILES string of the molecule is O=C1c2ccccc2C(=O)N1c1nsnc1-c1c(Cl)cccc1Cl. The summed E-state index contributed by atoms with van der Waals surface area (Å²) in [4.78, 5) is 26.3. The first-order valence-electron chi connectivity index (χ1n) is 6.84. The highest BCUT2D eigenvalue weighted by Crippen LogP contribution is 2.40. The lowest BCUT2D eigenvalue weighted by molar-refractivity contribution is 0.0925. The highest BCUT2D eigenvalue weighted by atomic mass is 35.5. The van der Waals surface area contributed by atoms with Crippen LogP contribution in [0.1, 0.15) is 20.7 Å². The molecule has 24 heavy (non-hydrogen) atoms. The van der Waals surface area contributed by atoms with Crippen LogP contribution in [0.5, 0.6) is 0 Å². The van der Waals surface area contributed by atoms with E-state index in [1.165, 1.54) is 0 Å². The van der Waals surface area contributed by atoms with Gasteiger partial charge in [-0.3, -0.25) is 9.59 Å². The van der Waals surface area contributed by atoms with E-state index in [-0.39, 0.29) is 5.82 Å². The predicted octanol–water partition coefficient (Wildman–Crippen LogP) is 4.31. The zero-order valence-electron chi connectivity index (χ0n) is 11.9.